The molecule has 14 nitrogen and oxygen atoms in total. The van der Waals surface area contributed by atoms with E-state index in [4.69, 9.17) is 10.5 Å². The number of rotatable bonds is 16. The molecule has 1 aromatic heterocycles. The second-order valence-corrected chi connectivity index (χ2v) is 12.4. The molecule has 0 aliphatic carbocycles. The van der Waals surface area contributed by atoms with Crippen LogP contribution in [0, 0.1) is 0 Å². The summed E-state index contributed by atoms with van der Waals surface area (Å²) >= 11 is 0. The zero-order valence-corrected chi connectivity index (χ0v) is 27.5. The van der Waals surface area contributed by atoms with Crippen molar-refractivity contribution < 1.29 is 38.6 Å². The van der Waals surface area contributed by atoms with Crippen LogP contribution in [-0.2, 0) is 41.6 Å². The van der Waals surface area contributed by atoms with Gasteiger partial charge in [-0.15, -0.1) is 0 Å². The first-order valence-corrected chi connectivity index (χ1v) is 15.7. The van der Waals surface area contributed by atoms with Gasteiger partial charge < -0.3 is 41.8 Å². The second kappa shape index (κ2) is 17.0. The maximum atomic E-state index is 13.7. The summed E-state index contributed by atoms with van der Waals surface area (Å²) in [7, 11) is 0. The number of carboxylic acids is 1. The summed E-state index contributed by atoms with van der Waals surface area (Å²) in [6.45, 7) is 6.82. The second-order valence-electron chi connectivity index (χ2n) is 12.4. The number of H-pyrrole nitrogens is 1. The molecule has 0 saturated carbocycles. The lowest BCUT2D eigenvalue weighted by Crippen LogP contribution is -2.59. The molecular formula is C34H44N6O8. The zero-order valence-electron chi connectivity index (χ0n) is 27.5. The summed E-state index contributed by atoms with van der Waals surface area (Å²) in [5.41, 5.74) is 6.93. The molecular weight excluding hydrogens is 620 g/mol. The van der Waals surface area contributed by atoms with Crippen LogP contribution in [0.2, 0.25) is 0 Å². The third kappa shape index (κ3) is 11.4. The largest absolute Gasteiger partial charge is 0.481 e. The average molecular weight is 665 g/mol. The van der Waals surface area contributed by atoms with Crippen molar-refractivity contribution in [3.8, 4) is 0 Å². The molecule has 1 heterocycles. The Morgan fingerprint density at radius 2 is 1.38 bits per heavy atom. The number of alkyl carbamates (subject to hydrolysis) is 1. The Morgan fingerprint density at radius 3 is 2.00 bits per heavy atom. The Morgan fingerprint density at radius 1 is 0.792 bits per heavy atom. The van der Waals surface area contributed by atoms with Crippen molar-refractivity contribution in [1.29, 1.82) is 0 Å². The number of aliphatic carboxylic acids is 1. The van der Waals surface area contributed by atoms with E-state index in [-0.39, 0.29) is 19.3 Å². The zero-order chi connectivity index (χ0) is 35.4. The molecule has 3 aromatic rings. The number of hydrogen-bond acceptors (Lipinski definition) is 7. The highest BCUT2D eigenvalue weighted by Gasteiger charge is 2.33. The summed E-state index contributed by atoms with van der Waals surface area (Å²) in [5.74, 6) is -4.69. The van der Waals surface area contributed by atoms with E-state index >= 15 is 0 Å². The number of nitrogens with one attached hydrogen (secondary N) is 5. The van der Waals surface area contributed by atoms with E-state index in [2.05, 4.69) is 26.3 Å². The number of aromatic nitrogens is 1. The first-order valence-electron chi connectivity index (χ1n) is 15.7. The van der Waals surface area contributed by atoms with Gasteiger partial charge in [-0.05, 0) is 44.4 Å². The third-order valence-electron chi connectivity index (χ3n) is 7.27. The van der Waals surface area contributed by atoms with Crippen LogP contribution in [0.25, 0.3) is 10.9 Å². The molecule has 3 rings (SSSR count). The number of nitrogens with two attached hydrogens (primary N) is 1. The van der Waals surface area contributed by atoms with Gasteiger partial charge in [0.05, 0.1) is 6.42 Å². The number of para-hydroxylation sites is 1. The van der Waals surface area contributed by atoms with Crippen molar-refractivity contribution in [3.05, 3.63) is 71.9 Å². The molecule has 0 bridgehead atoms. The Labute approximate surface area is 278 Å². The first kappa shape index (κ1) is 37.1. The van der Waals surface area contributed by atoms with Gasteiger partial charge in [0.25, 0.3) is 0 Å². The summed E-state index contributed by atoms with van der Waals surface area (Å²) in [4.78, 5) is 80.1. The fourth-order valence-corrected chi connectivity index (χ4v) is 5.01. The number of carbonyl (C=O) groups excluding carboxylic acids is 5. The fraction of sp³-hybridized carbons (Fsp3) is 0.412. The van der Waals surface area contributed by atoms with Crippen LogP contribution >= 0.6 is 0 Å². The average Bonchev–Trinajstić information content (AvgIpc) is 3.41. The van der Waals surface area contributed by atoms with Gasteiger partial charge in [0.15, 0.2) is 0 Å². The van der Waals surface area contributed by atoms with Gasteiger partial charge >= 0.3 is 12.1 Å². The number of amides is 5. The van der Waals surface area contributed by atoms with Crippen LogP contribution in [0.4, 0.5) is 4.79 Å². The van der Waals surface area contributed by atoms with Crippen LogP contribution in [0.1, 0.15) is 58.1 Å². The number of primary amides is 1. The highest BCUT2D eigenvalue weighted by Crippen LogP contribution is 2.20. The summed E-state index contributed by atoms with van der Waals surface area (Å²) in [6, 6.07) is 11.0. The Hall–Kier alpha value is -5.40. The molecule has 4 atom stereocenters. The van der Waals surface area contributed by atoms with Gasteiger partial charge in [0.1, 0.15) is 29.8 Å². The molecule has 2 aromatic carbocycles. The molecule has 48 heavy (non-hydrogen) atoms. The SMILES string of the molecule is CCC[C@H](NC(=O)[C@H](Cc1c[nH]c2ccccc12)NC(=O)OC(C)(C)C)C(=O)N[C@@H](CC(=O)O)C(=O)N[C@@H](Cc1ccccc1)C(N)=O. The molecule has 0 radical (unpaired) electrons. The Bertz CT molecular complexity index is 1600. The van der Waals surface area contributed by atoms with E-state index in [1.54, 1.807) is 64.2 Å². The fourth-order valence-electron chi connectivity index (χ4n) is 5.01. The monoisotopic (exact) mass is 664 g/mol. The van der Waals surface area contributed by atoms with E-state index in [0.717, 1.165) is 16.5 Å². The summed E-state index contributed by atoms with van der Waals surface area (Å²) in [6.07, 6.45) is 0.749. The Kier molecular flexibility index (Phi) is 13.1. The van der Waals surface area contributed by atoms with Crippen molar-refractivity contribution in [2.75, 3.05) is 0 Å². The quantitative estimate of drug-likeness (QED) is 0.120. The highest BCUT2D eigenvalue weighted by molar-refractivity contribution is 5.96. The van der Waals surface area contributed by atoms with E-state index in [0.29, 0.717) is 12.0 Å². The minimum absolute atomic E-state index is 0.0482. The topological polar surface area (TPSA) is 222 Å². The minimum atomic E-state index is -1.59. The number of fused-ring (bicyclic) bond motifs is 1. The van der Waals surface area contributed by atoms with Gasteiger partial charge in [0, 0.05) is 29.9 Å². The predicted octanol–water partition coefficient (Wildman–Crippen LogP) is 2.06. The molecule has 8 N–H and O–H groups in total. The number of aromatic amines is 1. The standard InChI is InChI=1S/C34H44N6O8/c1-5-11-24(30(44)39-27(18-28(41)42)32(46)38-25(29(35)43)16-20-12-7-6-8-13-20)37-31(45)26(40-33(47)48-34(2,3)4)17-21-19-36-23-15-10-9-14-22(21)23/h6-10,12-15,19,24-27,36H,5,11,16-18H2,1-4H3,(H2,35,43)(H,37,45)(H,38,46)(H,39,44)(H,40,47)(H,41,42)/t24-,25-,26-,27-/m0/s1. The van der Waals surface area contributed by atoms with Gasteiger partial charge in [-0.2, -0.15) is 0 Å². The molecule has 0 spiro atoms. The number of ether oxygens (including phenoxy) is 1. The summed E-state index contributed by atoms with van der Waals surface area (Å²) in [5, 5.41) is 20.4. The van der Waals surface area contributed by atoms with E-state index < -0.39 is 71.9 Å². The molecule has 5 amide bonds. The molecule has 0 aliphatic heterocycles. The lowest BCUT2D eigenvalue weighted by atomic mass is 10.0. The molecule has 0 aliphatic rings. The van der Waals surface area contributed by atoms with Crippen molar-refractivity contribution in [3.63, 3.8) is 0 Å². The lowest BCUT2D eigenvalue weighted by molar-refractivity contribution is -0.141. The van der Waals surface area contributed by atoms with Crippen molar-refractivity contribution in [2.45, 2.75) is 89.6 Å². The van der Waals surface area contributed by atoms with Crippen LogP contribution in [-0.4, -0.2) is 75.6 Å². The highest BCUT2D eigenvalue weighted by atomic mass is 16.6. The number of carbonyl (C=O) groups is 6. The number of carboxylic acid groups (broad SMARTS) is 1. The lowest BCUT2D eigenvalue weighted by Gasteiger charge is -2.26. The predicted molar refractivity (Wildman–Crippen MR) is 177 cm³/mol. The summed E-state index contributed by atoms with van der Waals surface area (Å²) < 4.78 is 5.38. The number of hydrogen-bond donors (Lipinski definition) is 7. The third-order valence-corrected chi connectivity index (χ3v) is 7.27. The molecule has 0 unspecified atom stereocenters. The van der Waals surface area contributed by atoms with Crippen molar-refractivity contribution >= 4 is 46.6 Å². The molecule has 0 saturated heterocycles. The maximum Gasteiger partial charge on any atom is 0.408 e. The van der Waals surface area contributed by atoms with Crippen LogP contribution in [0.15, 0.2) is 60.8 Å². The number of benzene rings is 2. The molecule has 258 valence electrons. The van der Waals surface area contributed by atoms with Crippen molar-refractivity contribution in [1.82, 2.24) is 26.3 Å². The van der Waals surface area contributed by atoms with Crippen molar-refractivity contribution in [2.24, 2.45) is 5.73 Å². The molecule has 0 fully saturated rings. The van der Waals surface area contributed by atoms with Gasteiger partial charge in [-0.3, -0.25) is 24.0 Å². The smallest absolute Gasteiger partial charge is 0.408 e. The van der Waals surface area contributed by atoms with Crippen LogP contribution in [0.5, 0.6) is 0 Å². The Balaban J connectivity index is 1.79. The minimum Gasteiger partial charge on any atom is -0.481 e. The van der Waals surface area contributed by atoms with Gasteiger partial charge in [-0.1, -0.05) is 61.9 Å². The van der Waals surface area contributed by atoms with Gasteiger partial charge in [-0.25, -0.2) is 4.79 Å². The van der Waals surface area contributed by atoms with Crippen LogP contribution in [0.3, 0.4) is 0 Å². The first-order chi connectivity index (χ1) is 22.7. The van der Waals surface area contributed by atoms with Gasteiger partial charge in [0.2, 0.25) is 23.6 Å². The van der Waals surface area contributed by atoms with Crippen LogP contribution < -0.4 is 27.0 Å². The van der Waals surface area contributed by atoms with E-state index in [9.17, 15) is 33.9 Å². The normalized spacial score (nSPS) is 13.8. The van der Waals surface area contributed by atoms with E-state index in [1.807, 2.05) is 24.3 Å². The van der Waals surface area contributed by atoms with E-state index in [1.165, 1.54) is 0 Å². The maximum absolute atomic E-state index is 13.7. The molecule has 14 heteroatoms.